The molecule has 5 heteroatoms. The topological polar surface area (TPSA) is 42.4 Å². The summed E-state index contributed by atoms with van der Waals surface area (Å²) < 4.78 is 32.6. The van der Waals surface area contributed by atoms with Gasteiger partial charge in [-0.1, -0.05) is 6.92 Å². The van der Waals surface area contributed by atoms with Crippen molar-refractivity contribution in [1.82, 2.24) is 4.98 Å². The minimum absolute atomic E-state index is 0.0670. The van der Waals surface area contributed by atoms with Crippen LogP contribution in [-0.4, -0.2) is 10.1 Å². The van der Waals surface area contributed by atoms with Gasteiger partial charge in [0, 0.05) is 40.4 Å². The molecule has 2 aromatic carbocycles. The number of halogens is 2. The predicted octanol–water partition coefficient (Wildman–Crippen LogP) is 5.50. The molecule has 0 saturated carbocycles. The fourth-order valence-corrected chi connectivity index (χ4v) is 3.09. The van der Waals surface area contributed by atoms with E-state index in [0.717, 1.165) is 35.0 Å². The molecule has 0 amide bonds. The molecule has 3 nitrogen and oxygen atoms in total. The zero-order valence-electron chi connectivity index (χ0n) is 14.6. The van der Waals surface area contributed by atoms with Gasteiger partial charge in [0.15, 0.2) is 0 Å². The molecule has 1 N–H and O–H groups in total. The molecular formula is C20H19F2NO2. The fourth-order valence-electron chi connectivity index (χ4n) is 3.09. The number of nitrogens with zero attached hydrogens (tertiary/aromatic N) is 1. The SMILES string of the molecule is CCc1nc2cc(C)c(Oc3cc(F)cc(F)c3)c(C)c2c(O)c1C. The fraction of sp³-hybridized carbons (Fsp3) is 0.250. The van der Waals surface area contributed by atoms with E-state index >= 15 is 0 Å². The molecule has 1 aromatic heterocycles. The molecule has 0 unspecified atom stereocenters. The zero-order valence-corrected chi connectivity index (χ0v) is 14.6. The van der Waals surface area contributed by atoms with Gasteiger partial charge < -0.3 is 9.84 Å². The zero-order chi connectivity index (χ0) is 18.3. The Balaban J connectivity index is 2.21. The summed E-state index contributed by atoms with van der Waals surface area (Å²) in [4.78, 5) is 4.62. The summed E-state index contributed by atoms with van der Waals surface area (Å²) in [5, 5.41) is 11.2. The van der Waals surface area contributed by atoms with Crippen molar-refractivity contribution < 1.29 is 18.6 Å². The Morgan fingerprint density at radius 3 is 2.24 bits per heavy atom. The van der Waals surface area contributed by atoms with Gasteiger partial charge in [0.25, 0.3) is 0 Å². The summed E-state index contributed by atoms with van der Waals surface area (Å²) in [5.41, 5.74) is 3.69. The molecule has 0 spiro atoms. The second-order valence-corrected chi connectivity index (χ2v) is 6.13. The van der Waals surface area contributed by atoms with Crippen LogP contribution >= 0.6 is 0 Å². The standard InChI is InChI=1S/C20H19F2NO2/c1-5-16-11(3)19(24)18-12(4)20(10(2)6-17(18)23-16)25-15-8-13(21)7-14(22)9-15/h6-9H,5H2,1-4H3,(H,23,24). The Hall–Kier alpha value is -2.69. The number of aryl methyl sites for hydroxylation is 3. The molecule has 3 aromatic rings. The summed E-state index contributed by atoms with van der Waals surface area (Å²) >= 11 is 0. The Labute approximate surface area is 144 Å². The number of aromatic hydroxyl groups is 1. The highest BCUT2D eigenvalue weighted by atomic mass is 19.1. The highest BCUT2D eigenvalue weighted by molar-refractivity contribution is 5.92. The molecule has 0 saturated heterocycles. The second-order valence-electron chi connectivity index (χ2n) is 6.13. The third-order valence-electron chi connectivity index (χ3n) is 4.35. The highest BCUT2D eigenvalue weighted by Crippen LogP contribution is 2.39. The van der Waals surface area contributed by atoms with E-state index in [2.05, 4.69) is 4.98 Å². The lowest BCUT2D eigenvalue weighted by Crippen LogP contribution is -1.99. The monoisotopic (exact) mass is 343 g/mol. The van der Waals surface area contributed by atoms with Gasteiger partial charge in [-0.3, -0.25) is 4.98 Å². The van der Waals surface area contributed by atoms with Crippen molar-refractivity contribution in [2.45, 2.75) is 34.1 Å². The van der Waals surface area contributed by atoms with Gasteiger partial charge in [0.05, 0.1) is 5.52 Å². The Morgan fingerprint density at radius 1 is 1.00 bits per heavy atom. The van der Waals surface area contributed by atoms with Gasteiger partial charge in [-0.2, -0.15) is 0 Å². The van der Waals surface area contributed by atoms with Crippen molar-refractivity contribution in [2.75, 3.05) is 0 Å². The molecule has 0 aliphatic rings. The second kappa shape index (κ2) is 6.31. The maximum absolute atomic E-state index is 13.4. The number of aromatic nitrogens is 1. The first-order valence-corrected chi connectivity index (χ1v) is 8.08. The molecular weight excluding hydrogens is 324 g/mol. The van der Waals surface area contributed by atoms with E-state index in [4.69, 9.17) is 4.74 Å². The normalized spacial score (nSPS) is 11.1. The van der Waals surface area contributed by atoms with Crippen molar-refractivity contribution in [3.8, 4) is 17.2 Å². The van der Waals surface area contributed by atoms with E-state index in [-0.39, 0.29) is 11.5 Å². The number of hydrogen-bond acceptors (Lipinski definition) is 3. The van der Waals surface area contributed by atoms with E-state index < -0.39 is 11.6 Å². The van der Waals surface area contributed by atoms with Crippen molar-refractivity contribution in [3.63, 3.8) is 0 Å². The summed E-state index contributed by atoms with van der Waals surface area (Å²) in [7, 11) is 0. The Kier molecular flexibility index (Phi) is 4.33. The van der Waals surface area contributed by atoms with Crippen molar-refractivity contribution >= 4 is 10.9 Å². The first-order chi connectivity index (χ1) is 11.8. The molecule has 1 heterocycles. The summed E-state index contributed by atoms with van der Waals surface area (Å²) in [6.45, 7) is 7.44. The molecule has 0 bridgehead atoms. The van der Waals surface area contributed by atoms with Gasteiger partial charge in [-0.05, 0) is 38.8 Å². The molecule has 3 rings (SSSR count). The van der Waals surface area contributed by atoms with Crippen molar-refractivity contribution in [2.24, 2.45) is 0 Å². The average Bonchev–Trinajstić information content (AvgIpc) is 2.53. The van der Waals surface area contributed by atoms with Gasteiger partial charge >= 0.3 is 0 Å². The average molecular weight is 343 g/mol. The predicted molar refractivity (Wildman–Crippen MR) is 93.4 cm³/mol. The number of pyridine rings is 1. The van der Waals surface area contributed by atoms with Gasteiger partial charge in [0.2, 0.25) is 0 Å². The highest BCUT2D eigenvalue weighted by Gasteiger charge is 2.17. The lowest BCUT2D eigenvalue weighted by atomic mass is 10.00. The van der Waals surface area contributed by atoms with Crippen LogP contribution in [0.25, 0.3) is 10.9 Å². The minimum Gasteiger partial charge on any atom is -0.507 e. The van der Waals surface area contributed by atoms with Crippen LogP contribution in [0.1, 0.15) is 29.3 Å². The van der Waals surface area contributed by atoms with Gasteiger partial charge in [-0.15, -0.1) is 0 Å². The molecule has 0 atom stereocenters. The van der Waals surface area contributed by atoms with Crippen LogP contribution in [0.5, 0.6) is 17.2 Å². The molecule has 25 heavy (non-hydrogen) atoms. The molecule has 0 aliphatic carbocycles. The summed E-state index contributed by atoms with van der Waals surface area (Å²) in [6.07, 6.45) is 0.717. The summed E-state index contributed by atoms with van der Waals surface area (Å²) in [5.74, 6) is -0.733. The van der Waals surface area contributed by atoms with E-state index in [1.54, 1.807) is 6.92 Å². The van der Waals surface area contributed by atoms with E-state index in [9.17, 15) is 13.9 Å². The van der Waals surface area contributed by atoms with Crippen LogP contribution in [0, 0.1) is 32.4 Å². The molecule has 0 radical (unpaired) electrons. The first-order valence-electron chi connectivity index (χ1n) is 8.08. The van der Waals surface area contributed by atoms with Crippen LogP contribution in [0.4, 0.5) is 8.78 Å². The number of fused-ring (bicyclic) bond motifs is 1. The van der Waals surface area contributed by atoms with Gasteiger partial charge in [0.1, 0.15) is 28.9 Å². The van der Waals surface area contributed by atoms with E-state index in [1.165, 1.54) is 0 Å². The molecule has 130 valence electrons. The minimum atomic E-state index is -0.709. The molecule has 0 aliphatic heterocycles. The van der Waals surface area contributed by atoms with E-state index in [1.807, 2.05) is 26.8 Å². The number of rotatable bonds is 3. The maximum Gasteiger partial charge on any atom is 0.134 e. The quantitative estimate of drug-likeness (QED) is 0.683. The number of hydrogen-bond donors (Lipinski definition) is 1. The van der Waals surface area contributed by atoms with Gasteiger partial charge in [-0.25, -0.2) is 8.78 Å². The number of benzene rings is 2. The number of ether oxygens (including phenoxy) is 1. The van der Waals surface area contributed by atoms with Crippen LogP contribution in [0.15, 0.2) is 24.3 Å². The van der Waals surface area contributed by atoms with Crippen LogP contribution in [0.3, 0.4) is 0 Å². The van der Waals surface area contributed by atoms with Crippen LogP contribution < -0.4 is 4.74 Å². The Morgan fingerprint density at radius 2 is 1.64 bits per heavy atom. The van der Waals surface area contributed by atoms with Crippen molar-refractivity contribution in [1.29, 1.82) is 0 Å². The third-order valence-corrected chi connectivity index (χ3v) is 4.35. The lowest BCUT2D eigenvalue weighted by Gasteiger charge is -2.17. The lowest BCUT2D eigenvalue weighted by molar-refractivity contribution is 0.459. The summed E-state index contributed by atoms with van der Waals surface area (Å²) in [6, 6.07) is 4.84. The van der Waals surface area contributed by atoms with Crippen LogP contribution in [0.2, 0.25) is 0 Å². The first kappa shape index (κ1) is 17.1. The van der Waals surface area contributed by atoms with Crippen LogP contribution in [-0.2, 0) is 6.42 Å². The maximum atomic E-state index is 13.4. The largest absolute Gasteiger partial charge is 0.507 e. The Bertz CT molecular complexity index is 963. The van der Waals surface area contributed by atoms with Crippen molar-refractivity contribution in [3.05, 3.63) is 58.3 Å². The molecule has 0 fully saturated rings. The van der Waals surface area contributed by atoms with E-state index in [0.29, 0.717) is 28.6 Å². The third kappa shape index (κ3) is 3.02. The smallest absolute Gasteiger partial charge is 0.134 e.